The van der Waals surface area contributed by atoms with E-state index in [-0.39, 0.29) is 6.10 Å². The largest absolute Gasteiger partial charge is 0.389 e. The lowest BCUT2D eigenvalue weighted by Gasteiger charge is -2.43. The maximum atomic E-state index is 9.64. The summed E-state index contributed by atoms with van der Waals surface area (Å²) in [4.78, 5) is 16.1. The quantitative estimate of drug-likeness (QED) is 0.548. The molecule has 0 amide bonds. The Morgan fingerprint density at radius 3 is 2.42 bits per heavy atom. The summed E-state index contributed by atoms with van der Waals surface area (Å²) >= 11 is 0. The maximum Gasteiger partial charge on any atom is 0.161 e. The molecule has 0 radical (unpaired) electrons. The van der Waals surface area contributed by atoms with Crippen molar-refractivity contribution >= 4 is 22.9 Å². The van der Waals surface area contributed by atoms with Gasteiger partial charge in [-0.3, -0.25) is 4.90 Å². The molecule has 2 aromatic carbocycles. The van der Waals surface area contributed by atoms with Crippen LogP contribution in [-0.4, -0.2) is 84.6 Å². The Morgan fingerprint density at radius 2 is 1.75 bits per heavy atom. The average Bonchev–Trinajstić information content (AvgIpc) is 2.87. The van der Waals surface area contributed by atoms with Crippen molar-refractivity contribution < 1.29 is 9.84 Å². The van der Waals surface area contributed by atoms with Gasteiger partial charge in [0.2, 0.25) is 0 Å². The van der Waals surface area contributed by atoms with E-state index < -0.39 is 0 Å². The molecule has 3 saturated heterocycles. The predicted octanol–water partition coefficient (Wildman–Crippen LogP) is 2.46. The Bertz CT molecular complexity index is 1260. The third kappa shape index (κ3) is 4.58. The van der Waals surface area contributed by atoms with E-state index in [9.17, 15) is 10.4 Å². The van der Waals surface area contributed by atoms with E-state index in [1.54, 1.807) is 6.20 Å². The van der Waals surface area contributed by atoms with E-state index in [4.69, 9.17) is 4.74 Å². The number of nitrogens with one attached hydrogen (secondary N) is 1. The number of nitriles is 1. The Balaban J connectivity index is 1.11. The van der Waals surface area contributed by atoms with Gasteiger partial charge in [-0.05, 0) is 48.5 Å². The molecule has 3 fully saturated rings. The molecule has 2 N–H and O–H groups in total. The third-order valence-corrected chi connectivity index (χ3v) is 7.19. The van der Waals surface area contributed by atoms with Crippen LogP contribution in [-0.2, 0) is 4.74 Å². The molecule has 9 nitrogen and oxygen atoms in total. The van der Waals surface area contributed by atoms with Crippen molar-refractivity contribution in [1.29, 1.82) is 5.26 Å². The number of anilines is 4. The summed E-state index contributed by atoms with van der Waals surface area (Å²) in [5.41, 5.74) is 4.35. The highest BCUT2D eigenvalue weighted by molar-refractivity contribution is 5.70. The van der Waals surface area contributed by atoms with Gasteiger partial charge in [0.1, 0.15) is 11.9 Å². The van der Waals surface area contributed by atoms with Gasteiger partial charge >= 0.3 is 0 Å². The van der Waals surface area contributed by atoms with E-state index in [1.807, 2.05) is 29.2 Å². The van der Waals surface area contributed by atoms with Gasteiger partial charge < -0.3 is 25.0 Å². The number of nitrogens with zero attached hydrogens (tertiary/aromatic N) is 6. The first-order valence-electron chi connectivity index (χ1n) is 12.4. The SMILES string of the molecule is N#Cc1cc(-c2nccc(Nc3ccc(N4CCN(C5COC5)CC4)cc3)n2)ccc1N1CC(O)C1. The maximum absolute atomic E-state index is 9.64. The van der Waals surface area contributed by atoms with Crippen LogP contribution in [0.4, 0.5) is 22.9 Å². The smallest absolute Gasteiger partial charge is 0.161 e. The first-order valence-corrected chi connectivity index (χ1v) is 12.4. The monoisotopic (exact) mass is 483 g/mol. The van der Waals surface area contributed by atoms with Gasteiger partial charge in [-0.25, -0.2) is 9.97 Å². The summed E-state index contributed by atoms with van der Waals surface area (Å²) in [7, 11) is 0. The van der Waals surface area contributed by atoms with Gasteiger partial charge in [-0.1, -0.05) is 0 Å². The normalized spacial score (nSPS) is 18.9. The molecule has 1 aromatic heterocycles. The second kappa shape index (κ2) is 9.74. The summed E-state index contributed by atoms with van der Waals surface area (Å²) in [5.74, 6) is 1.25. The van der Waals surface area contributed by atoms with E-state index in [2.05, 4.69) is 55.4 Å². The number of rotatable bonds is 6. The molecular weight excluding hydrogens is 454 g/mol. The van der Waals surface area contributed by atoms with Crippen molar-refractivity contribution in [2.45, 2.75) is 12.1 Å². The number of aromatic nitrogens is 2. The number of hydrogen-bond donors (Lipinski definition) is 2. The molecule has 3 aromatic rings. The minimum atomic E-state index is -0.325. The summed E-state index contributed by atoms with van der Waals surface area (Å²) in [6.45, 7) is 7.06. The standard InChI is InChI=1S/C27H29N7O2/c28-14-20-13-19(1-6-25(20)34-15-24(35)16-34)27-29-8-7-26(31-27)30-21-2-4-22(5-3-21)32-9-11-33(12-10-32)23-17-36-18-23/h1-8,13,23-24,35H,9-12,15-18H2,(H,29,30,31). The molecule has 0 bridgehead atoms. The molecule has 0 atom stereocenters. The number of β-amino-alcohol motifs (C(OH)–C–C–N with tert-alkyl or cyclic N) is 1. The van der Waals surface area contributed by atoms with Gasteiger partial charge in [0.05, 0.1) is 36.6 Å². The Labute approximate surface area is 210 Å². The van der Waals surface area contributed by atoms with Crippen molar-refractivity contribution in [2.24, 2.45) is 0 Å². The summed E-state index contributed by atoms with van der Waals surface area (Å²) in [6, 6.07) is 18.8. The predicted molar refractivity (Wildman–Crippen MR) is 139 cm³/mol. The molecule has 36 heavy (non-hydrogen) atoms. The zero-order chi connectivity index (χ0) is 24.5. The molecule has 4 heterocycles. The van der Waals surface area contributed by atoms with Crippen molar-refractivity contribution in [1.82, 2.24) is 14.9 Å². The fourth-order valence-corrected chi connectivity index (χ4v) is 4.94. The molecule has 0 unspecified atom stereocenters. The third-order valence-electron chi connectivity index (χ3n) is 7.19. The second-order valence-electron chi connectivity index (χ2n) is 9.55. The highest BCUT2D eigenvalue weighted by Crippen LogP contribution is 2.29. The van der Waals surface area contributed by atoms with Gasteiger partial charge in [-0.15, -0.1) is 0 Å². The topological polar surface area (TPSA) is 101 Å². The minimum absolute atomic E-state index is 0.325. The van der Waals surface area contributed by atoms with E-state index in [1.165, 1.54) is 5.69 Å². The minimum Gasteiger partial charge on any atom is -0.389 e. The zero-order valence-electron chi connectivity index (χ0n) is 20.0. The molecular formula is C27H29N7O2. The first-order chi connectivity index (χ1) is 17.7. The summed E-state index contributed by atoms with van der Waals surface area (Å²) < 4.78 is 5.33. The number of ether oxygens (including phenoxy) is 1. The lowest BCUT2D eigenvalue weighted by molar-refractivity contribution is -0.0660. The molecule has 9 heteroatoms. The number of hydrogen-bond acceptors (Lipinski definition) is 9. The molecule has 3 aliphatic rings. The average molecular weight is 484 g/mol. The summed E-state index contributed by atoms with van der Waals surface area (Å²) in [5, 5.41) is 22.6. The fourth-order valence-electron chi connectivity index (χ4n) is 4.94. The van der Waals surface area contributed by atoms with Crippen molar-refractivity contribution in [3.8, 4) is 17.5 Å². The van der Waals surface area contributed by atoms with Crippen LogP contribution in [0.15, 0.2) is 54.7 Å². The second-order valence-corrected chi connectivity index (χ2v) is 9.55. The first kappa shape index (κ1) is 22.7. The van der Waals surface area contributed by atoms with Crippen LogP contribution in [0.2, 0.25) is 0 Å². The van der Waals surface area contributed by atoms with Crippen LogP contribution in [0, 0.1) is 11.3 Å². The van der Waals surface area contributed by atoms with Crippen LogP contribution in [0.25, 0.3) is 11.4 Å². The number of aliphatic hydroxyl groups is 1. The molecule has 6 rings (SSSR count). The number of piperazine rings is 1. The highest BCUT2D eigenvalue weighted by Gasteiger charge is 2.29. The molecule has 184 valence electrons. The number of benzene rings is 2. The van der Waals surface area contributed by atoms with Crippen LogP contribution >= 0.6 is 0 Å². The van der Waals surface area contributed by atoms with E-state index in [0.29, 0.717) is 36.3 Å². The molecule has 0 aliphatic carbocycles. The lowest BCUT2D eigenvalue weighted by atomic mass is 10.0. The fraction of sp³-hybridized carbons (Fsp3) is 0.370. The van der Waals surface area contributed by atoms with Crippen LogP contribution in [0.5, 0.6) is 0 Å². The number of aliphatic hydroxyl groups excluding tert-OH is 1. The van der Waals surface area contributed by atoms with Crippen LogP contribution < -0.4 is 15.1 Å². The van der Waals surface area contributed by atoms with Gasteiger partial charge in [0.15, 0.2) is 5.82 Å². The molecule has 0 spiro atoms. The molecule has 3 aliphatic heterocycles. The van der Waals surface area contributed by atoms with Gasteiger partial charge in [0.25, 0.3) is 0 Å². The molecule has 0 saturated carbocycles. The van der Waals surface area contributed by atoms with Crippen molar-refractivity contribution in [3.63, 3.8) is 0 Å². The van der Waals surface area contributed by atoms with E-state index >= 15 is 0 Å². The zero-order valence-corrected chi connectivity index (χ0v) is 20.0. The Morgan fingerprint density at radius 1 is 0.972 bits per heavy atom. The summed E-state index contributed by atoms with van der Waals surface area (Å²) in [6.07, 6.45) is 1.39. The van der Waals surface area contributed by atoms with Crippen molar-refractivity contribution in [2.75, 3.05) is 67.6 Å². The van der Waals surface area contributed by atoms with Crippen LogP contribution in [0.3, 0.4) is 0 Å². The van der Waals surface area contributed by atoms with Gasteiger partial charge in [-0.2, -0.15) is 5.26 Å². The lowest BCUT2D eigenvalue weighted by Crippen LogP contribution is -2.56. The van der Waals surface area contributed by atoms with Gasteiger partial charge in [0, 0.05) is 62.4 Å². The highest BCUT2D eigenvalue weighted by atomic mass is 16.5. The Kier molecular flexibility index (Phi) is 6.15. The van der Waals surface area contributed by atoms with Crippen molar-refractivity contribution in [3.05, 3.63) is 60.3 Å². The Hall–Kier alpha value is -3.71. The van der Waals surface area contributed by atoms with Crippen LogP contribution in [0.1, 0.15) is 5.56 Å². The van der Waals surface area contributed by atoms with E-state index in [0.717, 1.165) is 56.3 Å².